The van der Waals surface area contributed by atoms with Crippen LogP contribution >= 0.6 is 0 Å². The van der Waals surface area contributed by atoms with E-state index >= 15 is 0 Å². The third-order valence-electron chi connectivity index (χ3n) is 4.56. The third kappa shape index (κ3) is 5.51. The maximum absolute atomic E-state index is 12.0. The summed E-state index contributed by atoms with van der Waals surface area (Å²) >= 11 is 0. The molecule has 1 aromatic rings. The normalized spacial score (nSPS) is 13.2. The van der Waals surface area contributed by atoms with E-state index < -0.39 is 0 Å². The zero-order valence-electron chi connectivity index (χ0n) is 15.6. The van der Waals surface area contributed by atoms with Gasteiger partial charge in [0, 0.05) is 45.1 Å². The maximum atomic E-state index is 12.0. The fraction of sp³-hybridized carbons (Fsp3) is 0.571. The Balaban J connectivity index is 2.06. The zero-order valence-corrected chi connectivity index (χ0v) is 15.6. The summed E-state index contributed by atoms with van der Waals surface area (Å²) in [7, 11) is 0. The molecular formula is C21H30N2O2. The van der Waals surface area contributed by atoms with Gasteiger partial charge in [-0.05, 0) is 55.7 Å². The SMILES string of the molecule is C#CC(=O)N(CCCOCC)Cc1ccc2c(c1)CCCN2CCC. The number of hydrogen-bond donors (Lipinski definition) is 0. The van der Waals surface area contributed by atoms with E-state index in [4.69, 9.17) is 11.2 Å². The Morgan fingerprint density at radius 3 is 2.96 bits per heavy atom. The fourth-order valence-corrected chi connectivity index (χ4v) is 3.39. The van der Waals surface area contributed by atoms with Crippen LogP contribution in [-0.2, 0) is 22.5 Å². The molecule has 1 heterocycles. The first-order valence-corrected chi connectivity index (χ1v) is 9.39. The highest BCUT2D eigenvalue weighted by Crippen LogP contribution is 2.28. The fourth-order valence-electron chi connectivity index (χ4n) is 3.39. The number of aryl methyl sites for hydroxylation is 1. The zero-order chi connectivity index (χ0) is 18.1. The Bertz CT molecular complexity index is 606. The Labute approximate surface area is 152 Å². The van der Waals surface area contributed by atoms with Gasteiger partial charge in [-0.15, -0.1) is 6.42 Å². The molecular weight excluding hydrogens is 312 g/mol. The standard InChI is InChI=1S/C21H30N2O2/c1-4-12-22-13-7-9-19-16-18(10-11-20(19)22)17-23(21(24)5-2)14-8-15-25-6-3/h2,10-11,16H,4,6-9,12-15,17H2,1,3H3. The van der Waals surface area contributed by atoms with Crippen molar-refractivity contribution in [2.24, 2.45) is 0 Å². The van der Waals surface area contributed by atoms with E-state index in [1.165, 1.54) is 17.7 Å². The highest BCUT2D eigenvalue weighted by Gasteiger charge is 2.18. The smallest absolute Gasteiger partial charge is 0.298 e. The van der Waals surface area contributed by atoms with Crippen molar-refractivity contribution in [3.05, 3.63) is 29.3 Å². The molecule has 0 atom stereocenters. The number of fused-ring (bicyclic) bond motifs is 1. The summed E-state index contributed by atoms with van der Waals surface area (Å²) in [5.74, 6) is 2.00. The molecule has 1 amide bonds. The Hall–Kier alpha value is -1.99. The average molecular weight is 342 g/mol. The molecule has 25 heavy (non-hydrogen) atoms. The molecule has 0 saturated heterocycles. The molecule has 0 radical (unpaired) electrons. The number of amides is 1. The Kier molecular flexibility index (Phi) is 7.81. The van der Waals surface area contributed by atoms with Gasteiger partial charge in [0.15, 0.2) is 0 Å². The monoisotopic (exact) mass is 342 g/mol. The lowest BCUT2D eigenvalue weighted by atomic mass is 9.98. The summed E-state index contributed by atoms with van der Waals surface area (Å²) < 4.78 is 5.36. The summed E-state index contributed by atoms with van der Waals surface area (Å²) in [4.78, 5) is 16.3. The summed E-state index contributed by atoms with van der Waals surface area (Å²) in [6.07, 6.45) is 9.60. The van der Waals surface area contributed by atoms with Crippen molar-refractivity contribution in [3.8, 4) is 12.3 Å². The molecule has 4 heteroatoms. The van der Waals surface area contributed by atoms with E-state index in [0.29, 0.717) is 26.3 Å². The van der Waals surface area contributed by atoms with Gasteiger partial charge in [-0.25, -0.2) is 0 Å². The molecule has 0 saturated carbocycles. The van der Waals surface area contributed by atoms with Crippen molar-refractivity contribution in [3.63, 3.8) is 0 Å². The summed E-state index contributed by atoms with van der Waals surface area (Å²) in [6, 6.07) is 6.58. The molecule has 0 spiro atoms. The molecule has 0 aliphatic carbocycles. The molecule has 136 valence electrons. The first kappa shape index (κ1) is 19.3. The van der Waals surface area contributed by atoms with Gasteiger partial charge in [0.05, 0.1) is 0 Å². The topological polar surface area (TPSA) is 32.8 Å². The van der Waals surface area contributed by atoms with Crippen LogP contribution < -0.4 is 4.90 Å². The van der Waals surface area contributed by atoms with Gasteiger partial charge >= 0.3 is 0 Å². The van der Waals surface area contributed by atoms with Crippen molar-refractivity contribution < 1.29 is 9.53 Å². The quantitative estimate of drug-likeness (QED) is 0.510. The molecule has 0 aromatic heterocycles. The highest BCUT2D eigenvalue weighted by atomic mass is 16.5. The van der Waals surface area contributed by atoms with Crippen LogP contribution in [0, 0.1) is 12.3 Å². The van der Waals surface area contributed by atoms with Crippen LogP contribution in [0.5, 0.6) is 0 Å². The van der Waals surface area contributed by atoms with Gasteiger partial charge in [0.25, 0.3) is 5.91 Å². The Morgan fingerprint density at radius 2 is 2.24 bits per heavy atom. The largest absolute Gasteiger partial charge is 0.382 e. The molecule has 0 unspecified atom stereocenters. The van der Waals surface area contributed by atoms with Crippen molar-refractivity contribution in [2.75, 3.05) is 37.7 Å². The molecule has 0 fully saturated rings. The summed E-state index contributed by atoms with van der Waals surface area (Å²) in [5, 5.41) is 0. The van der Waals surface area contributed by atoms with Crippen molar-refractivity contribution in [1.29, 1.82) is 0 Å². The van der Waals surface area contributed by atoms with E-state index in [1.807, 2.05) is 6.92 Å². The lowest BCUT2D eigenvalue weighted by molar-refractivity contribution is -0.125. The van der Waals surface area contributed by atoms with Crippen molar-refractivity contribution >= 4 is 11.6 Å². The second-order valence-electron chi connectivity index (χ2n) is 6.48. The second-order valence-corrected chi connectivity index (χ2v) is 6.48. The number of nitrogens with zero attached hydrogens (tertiary/aromatic N) is 2. The van der Waals surface area contributed by atoms with Crippen LogP contribution in [0.15, 0.2) is 18.2 Å². The van der Waals surface area contributed by atoms with E-state index in [9.17, 15) is 4.79 Å². The van der Waals surface area contributed by atoms with E-state index in [0.717, 1.165) is 37.9 Å². The van der Waals surface area contributed by atoms with Crippen LogP contribution in [0.25, 0.3) is 0 Å². The highest BCUT2D eigenvalue weighted by molar-refractivity contribution is 5.92. The number of ether oxygens (including phenoxy) is 1. The van der Waals surface area contributed by atoms with Crippen molar-refractivity contribution in [1.82, 2.24) is 4.90 Å². The number of terminal acetylenes is 1. The lowest BCUT2D eigenvalue weighted by Crippen LogP contribution is -2.32. The average Bonchev–Trinajstić information content (AvgIpc) is 2.64. The first-order chi connectivity index (χ1) is 12.2. The predicted octanol–water partition coefficient (Wildman–Crippen LogP) is 3.24. The van der Waals surface area contributed by atoms with Crippen molar-refractivity contribution in [2.45, 2.75) is 46.1 Å². The van der Waals surface area contributed by atoms with E-state index in [1.54, 1.807) is 4.90 Å². The lowest BCUT2D eigenvalue weighted by Gasteiger charge is -2.31. The first-order valence-electron chi connectivity index (χ1n) is 9.39. The summed E-state index contributed by atoms with van der Waals surface area (Å²) in [5.41, 5.74) is 3.89. The minimum absolute atomic E-state index is 0.248. The van der Waals surface area contributed by atoms with Gasteiger partial charge in [-0.3, -0.25) is 4.79 Å². The number of carbonyl (C=O) groups excluding carboxylic acids is 1. The van der Waals surface area contributed by atoms with Crippen LogP contribution in [0.1, 0.15) is 44.2 Å². The van der Waals surface area contributed by atoms with E-state index in [-0.39, 0.29) is 5.91 Å². The molecule has 2 rings (SSSR count). The minimum Gasteiger partial charge on any atom is -0.382 e. The number of benzene rings is 1. The summed E-state index contributed by atoms with van der Waals surface area (Å²) in [6.45, 7) is 8.97. The van der Waals surface area contributed by atoms with Gasteiger partial charge in [-0.2, -0.15) is 0 Å². The number of rotatable bonds is 9. The number of carbonyl (C=O) groups is 1. The second kappa shape index (κ2) is 10.1. The number of hydrogen-bond acceptors (Lipinski definition) is 3. The van der Waals surface area contributed by atoms with Gasteiger partial charge in [0.1, 0.15) is 0 Å². The molecule has 1 aromatic carbocycles. The maximum Gasteiger partial charge on any atom is 0.298 e. The predicted molar refractivity (Wildman–Crippen MR) is 103 cm³/mol. The number of anilines is 1. The van der Waals surface area contributed by atoms with Gasteiger partial charge in [-0.1, -0.05) is 19.1 Å². The molecule has 0 bridgehead atoms. The molecule has 1 aliphatic rings. The van der Waals surface area contributed by atoms with Crippen LogP contribution in [0.3, 0.4) is 0 Å². The Morgan fingerprint density at radius 1 is 1.40 bits per heavy atom. The van der Waals surface area contributed by atoms with Crippen LogP contribution in [0.2, 0.25) is 0 Å². The van der Waals surface area contributed by atoms with Crippen LogP contribution in [-0.4, -0.2) is 43.7 Å². The molecule has 4 nitrogen and oxygen atoms in total. The van der Waals surface area contributed by atoms with E-state index in [2.05, 4.69) is 35.9 Å². The molecule has 1 aliphatic heterocycles. The third-order valence-corrected chi connectivity index (χ3v) is 4.56. The molecule has 0 N–H and O–H groups in total. The minimum atomic E-state index is -0.248. The van der Waals surface area contributed by atoms with Crippen LogP contribution in [0.4, 0.5) is 5.69 Å². The van der Waals surface area contributed by atoms with Gasteiger partial charge in [0.2, 0.25) is 0 Å². The van der Waals surface area contributed by atoms with Gasteiger partial charge < -0.3 is 14.5 Å².